The average Bonchev–Trinajstić information content (AvgIpc) is 2.87. The molecule has 2 aromatic rings. The fourth-order valence-corrected chi connectivity index (χ4v) is 5.98. The zero-order valence-electron chi connectivity index (χ0n) is 18.1. The molecule has 0 saturated carbocycles. The highest BCUT2D eigenvalue weighted by Gasteiger charge is 2.27. The van der Waals surface area contributed by atoms with Crippen LogP contribution in [-0.2, 0) is 14.3 Å². The van der Waals surface area contributed by atoms with Crippen LogP contribution in [0.3, 0.4) is 0 Å². The number of carbonyl (C=O) groups excluding carboxylic acids is 2. The number of rotatable bonds is 6. The minimum atomic E-state index is -0.641. The van der Waals surface area contributed by atoms with Crippen molar-refractivity contribution in [3.05, 3.63) is 82.7 Å². The van der Waals surface area contributed by atoms with Gasteiger partial charge in [-0.1, -0.05) is 24.8 Å². The summed E-state index contributed by atoms with van der Waals surface area (Å²) in [7, 11) is 0. The summed E-state index contributed by atoms with van der Waals surface area (Å²) in [5.74, 6) is -1.12. The smallest absolute Gasteiger partial charge is 0.338 e. The molecule has 1 aliphatic heterocycles. The lowest BCUT2D eigenvalue weighted by molar-refractivity contribution is -0.138. The standard InChI is InChI=1S/C25H14Br4O7/c1-2-17(30)34-7-8-35-25(33)12-6-4-3-5-11(12)18-13-9-15(26)21(31)19(28)23(13)36-24-14(18)10-16(27)22(32)20(24)29/h2-6,9-10,31H,1,7-8H2. The number of ether oxygens (including phenoxy) is 2. The molecular formula is C25H14Br4O7. The maximum atomic E-state index is 13.1. The van der Waals surface area contributed by atoms with Crippen molar-refractivity contribution in [2.24, 2.45) is 0 Å². The topological polar surface area (TPSA) is 103 Å². The number of carbonyl (C=O) groups is 2. The van der Waals surface area contributed by atoms with Crippen LogP contribution >= 0.6 is 63.7 Å². The Labute approximate surface area is 237 Å². The van der Waals surface area contributed by atoms with E-state index in [1.54, 1.807) is 36.4 Å². The van der Waals surface area contributed by atoms with Gasteiger partial charge in [0.05, 0.1) is 14.5 Å². The van der Waals surface area contributed by atoms with Crippen LogP contribution in [0.1, 0.15) is 10.4 Å². The molecule has 0 bridgehead atoms. The number of halogens is 4. The Morgan fingerprint density at radius 2 is 1.67 bits per heavy atom. The maximum absolute atomic E-state index is 13.1. The molecule has 4 rings (SSSR count). The Morgan fingerprint density at radius 3 is 2.39 bits per heavy atom. The van der Waals surface area contributed by atoms with Crippen LogP contribution in [-0.4, -0.2) is 30.3 Å². The summed E-state index contributed by atoms with van der Waals surface area (Å²) in [6.07, 6.45) is 1.02. The average molecular weight is 746 g/mol. The second kappa shape index (κ2) is 10.9. The molecule has 0 atom stereocenters. The summed E-state index contributed by atoms with van der Waals surface area (Å²) in [6, 6.07) is 10.1. The van der Waals surface area contributed by atoms with Gasteiger partial charge >= 0.3 is 11.9 Å². The number of phenolic OH excluding ortho intramolecular Hbond substituents is 1. The van der Waals surface area contributed by atoms with E-state index >= 15 is 0 Å². The second-order valence-corrected chi connectivity index (χ2v) is 10.6. The minimum absolute atomic E-state index is 0.0890. The fraction of sp³-hybridized carbons (Fsp3) is 0.0800. The minimum Gasteiger partial charge on any atom is -0.505 e. The van der Waals surface area contributed by atoms with Crippen molar-refractivity contribution in [2.45, 2.75) is 0 Å². The van der Waals surface area contributed by atoms with Crippen LogP contribution in [0.2, 0.25) is 0 Å². The molecule has 11 heteroatoms. The van der Waals surface area contributed by atoms with Gasteiger partial charge in [-0.05, 0) is 87.5 Å². The summed E-state index contributed by atoms with van der Waals surface area (Å²) < 4.78 is 17.4. The Morgan fingerprint density at radius 1 is 0.972 bits per heavy atom. The Kier molecular flexibility index (Phi) is 8.03. The third kappa shape index (κ3) is 4.89. The quantitative estimate of drug-likeness (QED) is 0.0964. The molecule has 2 aromatic carbocycles. The third-order valence-corrected chi connectivity index (χ3v) is 7.82. The van der Waals surface area contributed by atoms with E-state index in [0.29, 0.717) is 31.0 Å². The fourth-order valence-electron chi connectivity index (χ4n) is 3.58. The van der Waals surface area contributed by atoms with E-state index in [2.05, 4.69) is 70.3 Å². The lowest BCUT2D eigenvalue weighted by atomic mass is 9.91. The molecule has 2 aliphatic rings. The molecule has 0 saturated heterocycles. The van der Waals surface area contributed by atoms with E-state index in [1.807, 2.05) is 0 Å². The molecule has 0 aromatic heterocycles. The first-order chi connectivity index (χ1) is 17.1. The number of fused-ring (bicyclic) bond motifs is 2. The monoisotopic (exact) mass is 742 g/mol. The van der Waals surface area contributed by atoms with Gasteiger partial charge in [0, 0.05) is 22.6 Å². The van der Waals surface area contributed by atoms with Gasteiger partial charge in [-0.25, -0.2) is 9.59 Å². The Balaban J connectivity index is 1.96. The van der Waals surface area contributed by atoms with Gasteiger partial charge in [0.15, 0.2) is 11.3 Å². The first-order valence-electron chi connectivity index (χ1n) is 10.2. The van der Waals surface area contributed by atoms with Crippen molar-refractivity contribution >= 4 is 86.6 Å². The normalized spacial score (nSPS) is 11.0. The van der Waals surface area contributed by atoms with E-state index in [9.17, 15) is 19.5 Å². The van der Waals surface area contributed by atoms with Crippen molar-refractivity contribution in [3.63, 3.8) is 0 Å². The zero-order valence-corrected chi connectivity index (χ0v) is 24.4. The molecule has 7 nitrogen and oxygen atoms in total. The lowest BCUT2D eigenvalue weighted by Crippen LogP contribution is -2.14. The predicted molar refractivity (Wildman–Crippen MR) is 148 cm³/mol. The SMILES string of the molecule is C=CC(=O)OCCOC(=O)c1ccccc1-c1c2cc(Br)c(=O)c(Br)c-2oc2c(Br)c(O)c(Br)cc12. The van der Waals surface area contributed by atoms with E-state index in [-0.39, 0.29) is 50.2 Å². The second-order valence-electron chi connectivity index (χ2n) is 7.31. The summed E-state index contributed by atoms with van der Waals surface area (Å²) >= 11 is 13.4. The molecule has 184 valence electrons. The number of phenols is 1. The summed E-state index contributed by atoms with van der Waals surface area (Å²) in [6.45, 7) is 3.04. The molecule has 36 heavy (non-hydrogen) atoms. The largest absolute Gasteiger partial charge is 0.505 e. The number of aromatic hydroxyl groups is 1. The predicted octanol–water partition coefficient (Wildman–Crippen LogP) is 7.21. The Bertz CT molecular complexity index is 1580. The number of benzene rings is 3. The van der Waals surface area contributed by atoms with Gasteiger partial charge in [-0.15, -0.1) is 0 Å². The van der Waals surface area contributed by atoms with E-state index in [4.69, 9.17) is 13.9 Å². The number of hydrogen-bond donors (Lipinski definition) is 1. The van der Waals surface area contributed by atoms with Crippen molar-refractivity contribution in [1.29, 1.82) is 0 Å². The van der Waals surface area contributed by atoms with Crippen molar-refractivity contribution in [3.8, 4) is 28.2 Å². The van der Waals surface area contributed by atoms with Gasteiger partial charge in [0.25, 0.3) is 0 Å². The highest BCUT2D eigenvalue weighted by molar-refractivity contribution is 9.11. The first-order valence-corrected chi connectivity index (χ1v) is 13.3. The highest BCUT2D eigenvalue weighted by Crippen LogP contribution is 2.49. The summed E-state index contributed by atoms with van der Waals surface area (Å²) in [5.41, 5.74) is 1.78. The van der Waals surface area contributed by atoms with Gasteiger partial charge in [0.2, 0.25) is 5.43 Å². The van der Waals surface area contributed by atoms with Crippen molar-refractivity contribution in [2.75, 3.05) is 13.2 Å². The highest BCUT2D eigenvalue weighted by atomic mass is 79.9. The number of hydrogen-bond acceptors (Lipinski definition) is 7. The zero-order chi connectivity index (χ0) is 26.1. The van der Waals surface area contributed by atoms with Gasteiger partial charge in [0.1, 0.15) is 27.9 Å². The molecule has 0 radical (unpaired) electrons. The summed E-state index contributed by atoms with van der Waals surface area (Å²) in [5, 5.41) is 11.0. The van der Waals surface area contributed by atoms with Crippen LogP contribution in [0.4, 0.5) is 0 Å². The maximum Gasteiger partial charge on any atom is 0.338 e. The van der Waals surface area contributed by atoms with Gasteiger partial charge in [-0.3, -0.25) is 4.79 Å². The molecule has 0 unspecified atom stereocenters. The molecule has 0 spiro atoms. The van der Waals surface area contributed by atoms with Crippen LogP contribution in [0.25, 0.3) is 33.4 Å². The van der Waals surface area contributed by atoms with Crippen LogP contribution in [0, 0.1) is 0 Å². The first kappa shape index (κ1) is 26.6. The molecule has 0 fully saturated rings. The third-order valence-electron chi connectivity index (χ3n) is 5.17. The molecular weight excluding hydrogens is 732 g/mol. The lowest BCUT2D eigenvalue weighted by Gasteiger charge is -2.19. The van der Waals surface area contributed by atoms with E-state index in [0.717, 1.165) is 6.08 Å². The molecule has 0 amide bonds. The molecule has 1 aliphatic carbocycles. The Hall–Kier alpha value is -2.47. The van der Waals surface area contributed by atoms with Crippen LogP contribution in [0.15, 0.2) is 76.2 Å². The van der Waals surface area contributed by atoms with Gasteiger partial charge < -0.3 is 19.0 Å². The van der Waals surface area contributed by atoms with E-state index < -0.39 is 11.9 Å². The summed E-state index contributed by atoms with van der Waals surface area (Å²) in [4.78, 5) is 36.9. The van der Waals surface area contributed by atoms with Crippen molar-refractivity contribution < 1.29 is 28.6 Å². The molecule has 1 heterocycles. The van der Waals surface area contributed by atoms with E-state index in [1.165, 1.54) is 0 Å². The molecule has 1 N–H and O–H groups in total. The van der Waals surface area contributed by atoms with Crippen molar-refractivity contribution in [1.82, 2.24) is 0 Å². The van der Waals surface area contributed by atoms with Crippen LogP contribution in [0.5, 0.6) is 5.75 Å². The van der Waals surface area contributed by atoms with Crippen LogP contribution < -0.4 is 5.43 Å². The van der Waals surface area contributed by atoms with Gasteiger partial charge in [-0.2, -0.15) is 0 Å². The number of esters is 2.